The van der Waals surface area contributed by atoms with Crippen LogP contribution in [0.5, 0.6) is 11.5 Å². The number of hydrogen-bond acceptors (Lipinski definition) is 7. The second-order valence-electron chi connectivity index (χ2n) is 7.98. The van der Waals surface area contributed by atoms with E-state index in [0.717, 1.165) is 25.8 Å². The minimum absolute atomic E-state index is 0.00312. The fourth-order valence-electron chi connectivity index (χ4n) is 3.55. The van der Waals surface area contributed by atoms with Crippen LogP contribution in [-0.2, 0) is 17.9 Å². The number of nitrogens with zero attached hydrogens (tertiary/aromatic N) is 2. The lowest BCUT2D eigenvalue weighted by Crippen LogP contribution is -2.27. The van der Waals surface area contributed by atoms with Gasteiger partial charge >= 0.3 is 0 Å². The predicted octanol–water partition coefficient (Wildman–Crippen LogP) is 7.72. The van der Waals surface area contributed by atoms with Crippen molar-refractivity contribution in [2.75, 3.05) is 6.61 Å². The van der Waals surface area contributed by atoms with Gasteiger partial charge in [0.2, 0.25) is 0 Å². The van der Waals surface area contributed by atoms with Gasteiger partial charge in [-0.3, -0.25) is 24.6 Å². The van der Waals surface area contributed by atoms with E-state index in [1.54, 1.807) is 42.5 Å². The number of imide groups is 1. The molecule has 38 heavy (non-hydrogen) atoms. The summed E-state index contributed by atoms with van der Waals surface area (Å²) in [6.45, 7) is 2.44. The van der Waals surface area contributed by atoms with Crippen molar-refractivity contribution in [3.05, 3.63) is 99.9 Å². The van der Waals surface area contributed by atoms with E-state index in [-0.39, 0.29) is 23.7 Å². The molecule has 1 saturated heterocycles. The summed E-state index contributed by atoms with van der Waals surface area (Å²) in [4.78, 5) is 37.5. The zero-order chi connectivity index (χ0) is 27.4. The zero-order valence-electron chi connectivity index (χ0n) is 19.8. The van der Waals surface area contributed by atoms with Crippen LogP contribution < -0.4 is 9.47 Å². The van der Waals surface area contributed by atoms with Crippen LogP contribution in [0.4, 0.5) is 10.5 Å². The first kappa shape index (κ1) is 28.2. The number of hydrogen-bond donors (Lipinski definition) is 0. The first-order valence-corrected chi connectivity index (χ1v) is 13.8. The third-order valence-electron chi connectivity index (χ3n) is 5.38. The molecule has 0 unspecified atom stereocenters. The molecule has 8 nitrogen and oxygen atoms in total. The number of thioether (sulfide) groups is 1. The van der Waals surface area contributed by atoms with E-state index < -0.39 is 16.1 Å². The zero-order valence-corrected chi connectivity index (χ0v) is 24.3. The summed E-state index contributed by atoms with van der Waals surface area (Å²) < 4.78 is 12.5. The summed E-state index contributed by atoms with van der Waals surface area (Å²) in [6.07, 6.45) is 1.64. The number of nitro groups is 1. The minimum atomic E-state index is -0.457. The molecular weight excluding hydrogens is 666 g/mol. The van der Waals surface area contributed by atoms with E-state index in [0.29, 0.717) is 39.3 Å². The van der Waals surface area contributed by atoms with Crippen molar-refractivity contribution >= 4 is 80.5 Å². The Balaban J connectivity index is 1.54. The number of amides is 2. The van der Waals surface area contributed by atoms with Gasteiger partial charge in [0.15, 0.2) is 11.5 Å². The maximum Gasteiger partial charge on any atom is 0.293 e. The van der Waals surface area contributed by atoms with Gasteiger partial charge in [-0.1, -0.05) is 29.3 Å². The highest BCUT2D eigenvalue weighted by Crippen LogP contribution is 2.38. The Kier molecular flexibility index (Phi) is 9.19. The van der Waals surface area contributed by atoms with Gasteiger partial charge in [-0.2, -0.15) is 0 Å². The van der Waals surface area contributed by atoms with Gasteiger partial charge in [-0.05, 0) is 100 Å². The normalized spacial score (nSPS) is 14.3. The van der Waals surface area contributed by atoms with Gasteiger partial charge in [0.1, 0.15) is 6.61 Å². The van der Waals surface area contributed by atoms with E-state index in [2.05, 4.69) is 22.6 Å². The maximum absolute atomic E-state index is 13.0. The van der Waals surface area contributed by atoms with Crippen molar-refractivity contribution in [2.24, 2.45) is 0 Å². The molecule has 0 bridgehead atoms. The Morgan fingerprint density at radius 3 is 2.47 bits per heavy atom. The fourth-order valence-corrected chi connectivity index (χ4v) is 5.64. The van der Waals surface area contributed by atoms with E-state index >= 15 is 0 Å². The Morgan fingerprint density at radius 2 is 1.82 bits per heavy atom. The number of carbonyl (C=O) groups excluding carboxylic acids is 2. The van der Waals surface area contributed by atoms with E-state index in [9.17, 15) is 19.7 Å². The molecule has 12 heteroatoms. The monoisotopic (exact) mass is 684 g/mol. The standard InChI is InChI=1S/C26H19Cl2IN2O6S/c1-2-36-22-10-16(9-21(29)24(22)37-14-15-3-7-19(8-4-15)31(34)35)11-23-25(32)30(26(33)38-23)13-17-5-6-18(27)12-20(17)28/h3-12H,2,13-14H2,1H3/b23-11+. The van der Waals surface area contributed by atoms with Crippen LogP contribution in [0.3, 0.4) is 0 Å². The van der Waals surface area contributed by atoms with Gasteiger partial charge in [0.25, 0.3) is 16.8 Å². The van der Waals surface area contributed by atoms with Gasteiger partial charge in [-0.15, -0.1) is 0 Å². The first-order chi connectivity index (χ1) is 18.2. The Morgan fingerprint density at radius 1 is 1.08 bits per heavy atom. The second-order valence-corrected chi connectivity index (χ2v) is 11.0. The van der Waals surface area contributed by atoms with Crippen LogP contribution in [0.1, 0.15) is 23.6 Å². The van der Waals surface area contributed by atoms with E-state index in [1.165, 1.54) is 12.1 Å². The van der Waals surface area contributed by atoms with Crippen LogP contribution in [-0.4, -0.2) is 27.6 Å². The molecule has 1 fully saturated rings. The first-order valence-electron chi connectivity index (χ1n) is 11.2. The number of benzene rings is 3. The van der Waals surface area contributed by atoms with Gasteiger partial charge in [0, 0.05) is 22.2 Å². The smallest absolute Gasteiger partial charge is 0.293 e. The van der Waals surface area contributed by atoms with Gasteiger partial charge in [-0.25, -0.2) is 0 Å². The highest BCUT2D eigenvalue weighted by Gasteiger charge is 2.35. The average Bonchev–Trinajstić information content (AvgIpc) is 3.12. The molecule has 2 amide bonds. The summed E-state index contributed by atoms with van der Waals surface area (Å²) >= 11 is 15.1. The van der Waals surface area contributed by atoms with Crippen molar-refractivity contribution < 1.29 is 24.0 Å². The highest BCUT2D eigenvalue weighted by molar-refractivity contribution is 14.1. The molecule has 4 rings (SSSR count). The summed E-state index contributed by atoms with van der Waals surface area (Å²) in [5, 5.41) is 11.3. The van der Waals surface area contributed by atoms with Crippen molar-refractivity contribution in [1.29, 1.82) is 0 Å². The Labute approximate surface area is 246 Å². The minimum Gasteiger partial charge on any atom is -0.490 e. The number of carbonyl (C=O) groups is 2. The van der Waals surface area contributed by atoms with Crippen LogP contribution in [0.25, 0.3) is 6.08 Å². The van der Waals surface area contributed by atoms with Crippen molar-refractivity contribution in [3.8, 4) is 11.5 Å². The van der Waals surface area contributed by atoms with Crippen molar-refractivity contribution in [3.63, 3.8) is 0 Å². The predicted molar refractivity (Wildman–Crippen MR) is 156 cm³/mol. The molecule has 1 heterocycles. The van der Waals surface area contributed by atoms with Gasteiger partial charge in [0.05, 0.1) is 26.6 Å². The lowest BCUT2D eigenvalue weighted by atomic mass is 10.1. The van der Waals surface area contributed by atoms with Crippen molar-refractivity contribution in [2.45, 2.75) is 20.1 Å². The van der Waals surface area contributed by atoms with E-state index in [4.69, 9.17) is 32.7 Å². The Hall–Kier alpha value is -2.80. The molecule has 3 aromatic carbocycles. The number of ether oxygens (including phenoxy) is 2. The van der Waals surface area contributed by atoms with Crippen LogP contribution in [0.2, 0.25) is 10.0 Å². The highest BCUT2D eigenvalue weighted by atomic mass is 127. The largest absolute Gasteiger partial charge is 0.490 e. The van der Waals surface area contributed by atoms with Gasteiger partial charge < -0.3 is 9.47 Å². The molecule has 1 aliphatic rings. The quantitative estimate of drug-likeness (QED) is 0.0985. The van der Waals surface area contributed by atoms with E-state index in [1.807, 2.05) is 13.0 Å². The summed E-state index contributed by atoms with van der Waals surface area (Å²) in [5.41, 5.74) is 2.04. The van der Waals surface area contributed by atoms with Crippen LogP contribution >= 0.6 is 57.6 Å². The third-order valence-corrected chi connectivity index (χ3v) is 7.67. The molecule has 0 saturated carbocycles. The lowest BCUT2D eigenvalue weighted by Gasteiger charge is -2.15. The average molecular weight is 685 g/mol. The second kappa shape index (κ2) is 12.4. The summed E-state index contributed by atoms with van der Waals surface area (Å²) in [7, 11) is 0. The number of nitro benzene ring substituents is 1. The molecule has 0 N–H and O–H groups in total. The number of non-ortho nitro benzene ring substituents is 1. The van der Waals surface area contributed by atoms with Crippen LogP contribution in [0.15, 0.2) is 59.5 Å². The molecule has 3 aromatic rings. The third kappa shape index (κ3) is 6.60. The topological polar surface area (TPSA) is 99.0 Å². The SMILES string of the molecule is CCOc1cc(/C=C2/SC(=O)N(Cc3ccc(Cl)cc3Cl)C2=O)cc(I)c1OCc1ccc([N+](=O)[O-])cc1. The van der Waals surface area contributed by atoms with Crippen molar-refractivity contribution in [1.82, 2.24) is 4.90 Å². The number of rotatable bonds is 9. The fraction of sp³-hybridized carbons (Fsp3) is 0.154. The molecule has 0 spiro atoms. The summed E-state index contributed by atoms with van der Waals surface area (Å²) in [5.74, 6) is 0.561. The number of halogens is 3. The molecular formula is C26H19Cl2IN2O6S. The molecule has 0 aromatic heterocycles. The molecule has 0 radical (unpaired) electrons. The molecule has 0 atom stereocenters. The molecule has 1 aliphatic heterocycles. The Bertz CT molecular complexity index is 1450. The molecule has 196 valence electrons. The molecule has 0 aliphatic carbocycles. The van der Waals surface area contributed by atoms with Crippen LogP contribution in [0, 0.1) is 13.7 Å². The lowest BCUT2D eigenvalue weighted by molar-refractivity contribution is -0.384. The maximum atomic E-state index is 13.0. The summed E-state index contributed by atoms with van der Waals surface area (Å²) in [6, 6.07) is 14.6.